The zero-order valence-corrected chi connectivity index (χ0v) is 22.0. The average molecular weight is 540 g/mol. The zero-order valence-electron chi connectivity index (χ0n) is 21.2. The number of hydrogen-bond acceptors (Lipinski definition) is 7. The van der Waals surface area contributed by atoms with Crippen molar-refractivity contribution in [2.45, 2.75) is 11.8 Å². The van der Waals surface area contributed by atoms with Crippen LogP contribution in [-0.4, -0.2) is 31.4 Å². The number of para-hydroxylation sites is 2. The molecule has 4 aromatic carbocycles. The van der Waals surface area contributed by atoms with E-state index in [2.05, 4.69) is 25.3 Å². The van der Waals surface area contributed by atoms with Gasteiger partial charge in [-0.1, -0.05) is 29.8 Å². The molecule has 196 valence electrons. The van der Waals surface area contributed by atoms with Crippen LogP contribution in [-0.2, 0) is 10.0 Å². The Bertz CT molecular complexity index is 1740. The van der Waals surface area contributed by atoms with E-state index in [1.165, 1.54) is 12.1 Å². The van der Waals surface area contributed by atoms with Crippen LogP contribution in [0.4, 0.5) is 23.0 Å². The molecule has 0 aliphatic carbocycles. The largest absolute Gasteiger partial charge is 0.497 e. The third-order valence-corrected chi connectivity index (χ3v) is 7.25. The Hall–Kier alpha value is -4.96. The molecule has 0 unspecified atom stereocenters. The standard InChI is InChI=1S/C29H25N5O4S/c1-19-7-17-24(18-8-19)39(36,37)34-28-27(32-25-5-3-4-6-26(25)33-28)30-21-11-9-20(10-12-21)29(35)31-22-13-15-23(38-2)16-14-22/h3-18H,1-2H3,(H,30,32)(H,31,35)(H,33,34). The lowest BCUT2D eigenvalue weighted by Gasteiger charge is -2.14. The van der Waals surface area contributed by atoms with Crippen LogP contribution in [0, 0.1) is 6.92 Å². The molecule has 10 heteroatoms. The van der Waals surface area contributed by atoms with Gasteiger partial charge in [0.25, 0.3) is 15.9 Å². The molecule has 0 radical (unpaired) electrons. The fraction of sp³-hybridized carbons (Fsp3) is 0.0690. The minimum Gasteiger partial charge on any atom is -0.497 e. The Morgan fingerprint density at radius 3 is 1.95 bits per heavy atom. The first-order valence-corrected chi connectivity index (χ1v) is 13.5. The van der Waals surface area contributed by atoms with E-state index in [-0.39, 0.29) is 22.4 Å². The van der Waals surface area contributed by atoms with Gasteiger partial charge in [-0.2, -0.15) is 0 Å². The summed E-state index contributed by atoms with van der Waals surface area (Å²) in [4.78, 5) is 21.9. The van der Waals surface area contributed by atoms with Gasteiger partial charge in [-0.15, -0.1) is 0 Å². The zero-order chi connectivity index (χ0) is 27.4. The number of aryl methyl sites for hydroxylation is 1. The number of ether oxygens (including phenoxy) is 1. The molecule has 0 atom stereocenters. The number of hydrogen-bond donors (Lipinski definition) is 3. The first-order chi connectivity index (χ1) is 18.8. The molecule has 3 N–H and O–H groups in total. The van der Waals surface area contributed by atoms with Gasteiger partial charge in [0.05, 0.1) is 23.0 Å². The molecule has 5 aromatic rings. The second-order valence-electron chi connectivity index (χ2n) is 8.71. The fourth-order valence-corrected chi connectivity index (χ4v) is 4.79. The first-order valence-electron chi connectivity index (χ1n) is 12.0. The van der Waals surface area contributed by atoms with Gasteiger partial charge in [0.15, 0.2) is 11.6 Å². The molecule has 1 amide bonds. The number of amides is 1. The maximum Gasteiger partial charge on any atom is 0.263 e. The SMILES string of the molecule is COc1ccc(NC(=O)c2ccc(Nc3nc4ccccc4nc3NS(=O)(=O)c3ccc(C)cc3)cc2)cc1. The van der Waals surface area contributed by atoms with E-state index in [0.29, 0.717) is 33.7 Å². The Balaban J connectivity index is 1.39. The highest BCUT2D eigenvalue weighted by Gasteiger charge is 2.19. The Morgan fingerprint density at radius 1 is 0.744 bits per heavy atom. The highest BCUT2D eigenvalue weighted by Crippen LogP contribution is 2.27. The predicted octanol–water partition coefficient (Wildman–Crippen LogP) is 5.74. The Morgan fingerprint density at radius 2 is 1.33 bits per heavy atom. The van der Waals surface area contributed by atoms with Crippen molar-refractivity contribution in [2.24, 2.45) is 0 Å². The second-order valence-corrected chi connectivity index (χ2v) is 10.4. The van der Waals surface area contributed by atoms with Gasteiger partial charge in [-0.25, -0.2) is 18.4 Å². The lowest BCUT2D eigenvalue weighted by Crippen LogP contribution is -2.16. The highest BCUT2D eigenvalue weighted by atomic mass is 32.2. The number of fused-ring (bicyclic) bond motifs is 1. The van der Waals surface area contributed by atoms with Gasteiger partial charge in [0.1, 0.15) is 5.75 Å². The molecule has 1 aromatic heterocycles. The maximum absolute atomic E-state index is 13.1. The smallest absolute Gasteiger partial charge is 0.263 e. The van der Waals surface area contributed by atoms with Crippen LogP contribution in [0.3, 0.4) is 0 Å². The maximum atomic E-state index is 13.1. The number of aromatic nitrogens is 2. The molecule has 9 nitrogen and oxygen atoms in total. The number of benzene rings is 4. The summed E-state index contributed by atoms with van der Waals surface area (Å²) in [5.74, 6) is 0.694. The number of anilines is 4. The number of rotatable bonds is 8. The second kappa shape index (κ2) is 10.8. The van der Waals surface area contributed by atoms with Crippen molar-refractivity contribution in [3.63, 3.8) is 0 Å². The minimum absolute atomic E-state index is 0.0515. The van der Waals surface area contributed by atoms with Crippen LogP contribution in [0.15, 0.2) is 102 Å². The molecule has 1 heterocycles. The van der Waals surface area contributed by atoms with Crippen LogP contribution in [0.1, 0.15) is 15.9 Å². The molecule has 0 spiro atoms. The Labute approximate surface area is 226 Å². The quantitative estimate of drug-likeness (QED) is 0.230. The molecule has 0 saturated carbocycles. The highest BCUT2D eigenvalue weighted by molar-refractivity contribution is 7.92. The van der Waals surface area contributed by atoms with E-state index in [1.54, 1.807) is 86.0 Å². The Kier molecular flexibility index (Phi) is 7.11. The topological polar surface area (TPSA) is 122 Å². The molecular weight excluding hydrogens is 514 g/mol. The summed E-state index contributed by atoms with van der Waals surface area (Å²) in [5.41, 5.74) is 3.75. The summed E-state index contributed by atoms with van der Waals surface area (Å²) in [6.07, 6.45) is 0. The summed E-state index contributed by atoms with van der Waals surface area (Å²) in [6.45, 7) is 1.88. The number of carbonyl (C=O) groups excluding carboxylic acids is 1. The molecule has 0 saturated heterocycles. The van der Waals surface area contributed by atoms with Gasteiger partial charge in [0, 0.05) is 16.9 Å². The van der Waals surface area contributed by atoms with Crippen LogP contribution >= 0.6 is 0 Å². The number of nitrogens with zero attached hydrogens (tertiary/aromatic N) is 2. The summed E-state index contributed by atoms with van der Waals surface area (Å²) in [7, 11) is -2.34. The summed E-state index contributed by atoms with van der Waals surface area (Å²) >= 11 is 0. The van der Waals surface area contributed by atoms with Crippen LogP contribution in [0.5, 0.6) is 5.75 Å². The van der Waals surface area contributed by atoms with Crippen molar-refractivity contribution < 1.29 is 17.9 Å². The van der Waals surface area contributed by atoms with E-state index in [1.807, 2.05) is 13.0 Å². The van der Waals surface area contributed by atoms with E-state index in [4.69, 9.17) is 4.74 Å². The van der Waals surface area contributed by atoms with Gasteiger partial charge in [-0.05, 0) is 79.7 Å². The predicted molar refractivity (Wildman–Crippen MR) is 152 cm³/mol. The normalized spacial score (nSPS) is 11.1. The molecule has 0 aliphatic rings. The monoisotopic (exact) mass is 539 g/mol. The average Bonchev–Trinajstić information content (AvgIpc) is 2.94. The van der Waals surface area contributed by atoms with E-state index in [9.17, 15) is 13.2 Å². The lowest BCUT2D eigenvalue weighted by atomic mass is 10.2. The molecule has 0 aliphatic heterocycles. The number of methoxy groups -OCH3 is 1. The molecule has 5 rings (SSSR count). The van der Waals surface area contributed by atoms with E-state index < -0.39 is 10.0 Å². The van der Waals surface area contributed by atoms with Crippen LogP contribution in [0.2, 0.25) is 0 Å². The third-order valence-electron chi connectivity index (χ3n) is 5.89. The van der Waals surface area contributed by atoms with E-state index >= 15 is 0 Å². The third kappa shape index (κ3) is 5.97. The molecule has 0 bridgehead atoms. The number of sulfonamides is 1. The number of nitrogens with one attached hydrogen (secondary N) is 3. The van der Waals surface area contributed by atoms with Crippen molar-refractivity contribution in [2.75, 3.05) is 22.5 Å². The van der Waals surface area contributed by atoms with Crippen molar-refractivity contribution in [3.05, 3.63) is 108 Å². The van der Waals surface area contributed by atoms with E-state index in [0.717, 1.165) is 5.56 Å². The van der Waals surface area contributed by atoms with Crippen molar-refractivity contribution >= 4 is 50.0 Å². The minimum atomic E-state index is -3.92. The fourth-order valence-electron chi connectivity index (χ4n) is 3.78. The summed E-state index contributed by atoms with van der Waals surface area (Å²) < 4.78 is 33.9. The molecular formula is C29H25N5O4S. The number of carbonyl (C=O) groups is 1. The van der Waals surface area contributed by atoms with Crippen molar-refractivity contribution in [1.82, 2.24) is 9.97 Å². The van der Waals surface area contributed by atoms with Gasteiger partial charge in [-0.3, -0.25) is 9.52 Å². The summed E-state index contributed by atoms with van der Waals surface area (Å²) in [6, 6.07) is 27.5. The van der Waals surface area contributed by atoms with Gasteiger partial charge in [0.2, 0.25) is 0 Å². The summed E-state index contributed by atoms with van der Waals surface area (Å²) in [5, 5.41) is 5.97. The van der Waals surface area contributed by atoms with Crippen molar-refractivity contribution in [3.8, 4) is 5.75 Å². The van der Waals surface area contributed by atoms with Crippen LogP contribution < -0.4 is 20.1 Å². The molecule has 0 fully saturated rings. The first kappa shape index (κ1) is 25.7. The van der Waals surface area contributed by atoms with Crippen molar-refractivity contribution in [1.29, 1.82) is 0 Å². The lowest BCUT2D eigenvalue weighted by molar-refractivity contribution is 0.102. The van der Waals surface area contributed by atoms with Crippen LogP contribution in [0.25, 0.3) is 11.0 Å². The van der Waals surface area contributed by atoms with Gasteiger partial charge < -0.3 is 15.4 Å². The molecule has 39 heavy (non-hydrogen) atoms. The van der Waals surface area contributed by atoms with Gasteiger partial charge >= 0.3 is 0 Å².